The van der Waals surface area contributed by atoms with Crippen LogP contribution in [0.5, 0.6) is 0 Å². The smallest absolute Gasteiger partial charge is 0.191 e. The summed E-state index contributed by atoms with van der Waals surface area (Å²) in [5, 5.41) is 13.1. The van der Waals surface area contributed by atoms with Crippen LogP contribution in [0.1, 0.15) is 57.6 Å². The van der Waals surface area contributed by atoms with Crippen LogP contribution in [0.4, 0.5) is 14.6 Å². The van der Waals surface area contributed by atoms with Crippen LogP contribution in [0.25, 0.3) is 11.2 Å². The van der Waals surface area contributed by atoms with Gasteiger partial charge in [0.15, 0.2) is 45.8 Å². The van der Waals surface area contributed by atoms with Crippen molar-refractivity contribution >= 4 is 28.7 Å². The third-order valence-electron chi connectivity index (χ3n) is 7.89. The maximum absolute atomic E-state index is 13.9. The van der Waals surface area contributed by atoms with Gasteiger partial charge in [0, 0.05) is 38.4 Å². The SMILES string of the molecule is CCCSc1nc(NC2CC2c2ccc(F)c(F)c2)c2nnn(C3CC(OCC(OC)OC)C4OC(C)(C)OC43)c2n1. The number of methoxy groups -OCH3 is 2. The summed E-state index contributed by atoms with van der Waals surface area (Å²) in [6.07, 6.45) is 0.844. The molecule has 2 saturated carbocycles. The molecule has 0 radical (unpaired) electrons. The molecule has 6 rings (SSSR count). The highest BCUT2D eigenvalue weighted by Crippen LogP contribution is 2.47. The Bertz CT molecular complexity index is 1420. The zero-order chi connectivity index (χ0) is 29.6. The number of halogens is 2. The first-order valence-corrected chi connectivity index (χ1v) is 15.2. The van der Waals surface area contributed by atoms with Gasteiger partial charge >= 0.3 is 0 Å². The third-order valence-corrected chi connectivity index (χ3v) is 8.95. The maximum atomic E-state index is 13.9. The molecule has 2 aliphatic carbocycles. The monoisotopic (exact) mass is 606 g/mol. The Morgan fingerprint density at radius 2 is 1.90 bits per heavy atom. The Balaban J connectivity index is 1.29. The fourth-order valence-corrected chi connectivity index (χ4v) is 6.47. The molecular weight excluding hydrogens is 570 g/mol. The van der Waals surface area contributed by atoms with Crippen LogP contribution >= 0.6 is 11.8 Å². The van der Waals surface area contributed by atoms with E-state index < -0.39 is 23.7 Å². The summed E-state index contributed by atoms with van der Waals surface area (Å²) in [4.78, 5) is 9.63. The molecule has 0 amide bonds. The molecule has 3 heterocycles. The first-order valence-electron chi connectivity index (χ1n) is 14.2. The summed E-state index contributed by atoms with van der Waals surface area (Å²) in [6, 6.07) is 3.80. The number of aromatic nitrogens is 5. The number of hydrogen-bond acceptors (Lipinski definition) is 11. The molecule has 228 valence electrons. The van der Waals surface area contributed by atoms with Crippen LogP contribution in [-0.4, -0.2) is 88.0 Å². The summed E-state index contributed by atoms with van der Waals surface area (Å²) in [5.41, 5.74) is 1.86. The molecule has 1 saturated heterocycles. The lowest BCUT2D eigenvalue weighted by Crippen LogP contribution is -2.33. The van der Waals surface area contributed by atoms with Crippen LogP contribution < -0.4 is 5.32 Å². The van der Waals surface area contributed by atoms with E-state index >= 15 is 0 Å². The Morgan fingerprint density at radius 3 is 2.64 bits per heavy atom. The van der Waals surface area contributed by atoms with Crippen molar-refractivity contribution in [3.63, 3.8) is 0 Å². The number of ether oxygens (including phenoxy) is 5. The van der Waals surface area contributed by atoms with Crippen molar-refractivity contribution < 1.29 is 32.5 Å². The van der Waals surface area contributed by atoms with Gasteiger partial charge in [-0.2, -0.15) is 0 Å². The molecule has 3 aromatic rings. The van der Waals surface area contributed by atoms with Crippen LogP contribution in [0.2, 0.25) is 0 Å². The van der Waals surface area contributed by atoms with Crippen LogP contribution in [-0.2, 0) is 23.7 Å². The van der Waals surface area contributed by atoms with Crippen LogP contribution in [0.3, 0.4) is 0 Å². The first-order chi connectivity index (χ1) is 20.2. The Kier molecular flexibility index (Phi) is 8.37. The van der Waals surface area contributed by atoms with Gasteiger partial charge in [-0.1, -0.05) is 30.0 Å². The number of nitrogens with zero attached hydrogens (tertiary/aromatic N) is 5. The lowest BCUT2D eigenvalue weighted by Gasteiger charge is -2.24. The Labute approximate surface area is 247 Å². The quantitative estimate of drug-likeness (QED) is 0.179. The molecule has 0 spiro atoms. The lowest BCUT2D eigenvalue weighted by molar-refractivity contribution is -0.187. The molecular formula is C28H36F2N6O5S. The number of fused-ring (bicyclic) bond motifs is 2. The summed E-state index contributed by atoms with van der Waals surface area (Å²) in [5.74, 6) is -1.04. The molecule has 3 fully saturated rings. The van der Waals surface area contributed by atoms with Crippen molar-refractivity contribution in [2.75, 3.05) is 31.9 Å². The van der Waals surface area contributed by atoms with Crippen molar-refractivity contribution in [1.82, 2.24) is 25.0 Å². The number of rotatable bonds is 12. The van der Waals surface area contributed by atoms with E-state index in [1.165, 1.54) is 12.1 Å². The molecule has 11 nitrogen and oxygen atoms in total. The zero-order valence-electron chi connectivity index (χ0n) is 24.3. The van der Waals surface area contributed by atoms with Crippen molar-refractivity contribution in [2.45, 2.75) is 93.6 Å². The van der Waals surface area contributed by atoms with E-state index in [4.69, 9.17) is 33.7 Å². The predicted octanol–water partition coefficient (Wildman–Crippen LogP) is 4.44. The minimum absolute atomic E-state index is 0.00217. The standard InChI is InChI=1S/C28H36F2N6O5S/c1-6-9-42-27-32-25(31-18-11-15(18)14-7-8-16(29)17(30)10-14)22-26(33-27)36(35-34-22)19-12-20(39-13-21(37-4)38-5)24-23(19)40-28(2,3)41-24/h7-8,10,15,18-21,23-24H,6,9,11-13H2,1-5H3,(H,31,32,33). The molecule has 1 N–H and O–H groups in total. The molecule has 1 aromatic carbocycles. The van der Waals surface area contributed by atoms with Crippen LogP contribution in [0.15, 0.2) is 23.4 Å². The molecule has 6 unspecified atom stereocenters. The molecule has 1 aliphatic heterocycles. The van der Waals surface area contributed by atoms with E-state index in [9.17, 15) is 8.78 Å². The van der Waals surface area contributed by atoms with E-state index in [0.717, 1.165) is 24.2 Å². The first kappa shape index (κ1) is 29.6. The number of anilines is 1. The summed E-state index contributed by atoms with van der Waals surface area (Å²) >= 11 is 1.56. The van der Waals surface area contributed by atoms with Crippen LogP contribution in [0, 0.1) is 11.6 Å². The molecule has 6 atom stereocenters. The van der Waals surface area contributed by atoms with Gasteiger partial charge in [-0.15, -0.1) is 5.10 Å². The summed E-state index contributed by atoms with van der Waals surface area (Å²) in [7, 11) is 3.14. The van der Waals surface area contributed by atoms with Gasteiger partial charge in [0.2, 0.25) is 0 Å². The van der Waals surface area contributed by atoms with Gasteiger partial charge in [-0.25, -0.2) is 23.4 Å². The second kappa shape index (κ2) is 11.9. The van der Waals surface area contributed by atoms with Crippen molar-refractivity contribution in [2.24, 2.45) is 0 Å². The highest BCUT2D eigenvalue weighted by Gasteiger charge is 2.56. The predicted molar refractivity (Wildman–Crippen MR) is 150 cm³/mol. The zero-order valence-corrected chi connectivity index (χ0v) is 25.1. The molecule has 3 aliphatic rings. The topological polar surface area (TPSA) is 115 Å². The van der Waals surface area contributed by atoms with E-state index in [1.807, 2.05) is 13.8 Å². The summed E-state index contributed by atoms with van der Waals surface area (Å²) in [6.45, 7) is 6.11. The van der Waals surface area contributed by atoms with Crippen molar-refractivity contribution in [1.29, 1.82) is 0 Å². The average Bonchev–Trinajstić information content (AvgIpc) is 3.30. The fourth-order valence-electron chi connectivity index (χ4n) is 5.78. The third kappa shape index (κ3) is 5.84. The van der Waals surface area contributed by atoms with E-state index in [0.29, 0.717) is 28.6 Å². The van der Waals surface area contributed by atoms with Gasteiger partial charge in [-0.05, 0) is 44.4 Å². The number of nitrogens with one attached hydrogen (secondary N) is 1. The average molecular weight is 607 g/mol. The van der Waals surface area contributed by atoms with Crippen molar-refractivity contribution in [3.05, 3.63) is 35.4 Å². The summed E-state index contributed by atoms with van der Waals surface area (Å²) < 4.78 is 58.6. The van der Waals surface area contributed by atoms with Gasteiger partial charge in [0.1, 0.15) is 12.2 Å². The van der Waals surface area contributed by atoms with E-state index in [1.54, 1.807) is 36.7 Å². The van der Waals surface area contributed by atoms with E-state index in [-0.39, 0.29) is 42.9 Å². The second-order valence-corrected chi connectivity index (χ2v) is 12.4. The molecule has 14 heteroatoms. The fraction of sp³-hybridized carbons (Fsp3) is 0.643. The minimum atomic E-state index is -0.852. The van der Waals surface area contributed by atoms with Crippen molar-refractivity contribution in [3.8, 4) is 0 Å². The van der Waals surface area contributed by atoms with Gasteiger partial charge in [0.25, 0.3) is 0 Å². The van der Waals surface area contributed by atoms with Gasteiger partial charge in [-0.3, -0.25) is 0 Å². The number of benzene rings is 1. The largest absolute Gasteiger partial charge is 0.370 e. The highest BCUT2D eigenvalue weighted by molar-refractivity contribution is 7.99. The Morgan fingerprint density at radius 1 is 1.12 bits per heavy atom. The normalized spacial score (nSPS) is 28.1. The number of hydrogen-bond donors (Lipinski definition) is 1. The molecule has 0 bridgehead atoms. The molecule has 2 aromatic heterocycles. The maximum Gasteiger partial charge on any atom is 0.191 e. The highest BCUT2D eigenvalue weighted by atomic mass is 32.2. The molecule has 42 heavy (non-hydrogen) atoms. The second-order valence-electron chi connectivity index (χ2n) is 11.3. The minimum Gasteiger partial charge on any atom is -0.370 e. The van der Waals surface area contributed by atoms with Gasteiger partial charge in [0.05, 0.1) is 18.8 Å². The number of thioether (sulfide) groups is 1. The van der Waals surface area contributed by atoms with E-state index in [2.05, 4.69) is 22.6 Å². The Hall–Kier alpha value is -2.49. The lowest BCUT2D eigenvalue weighted by atomic mass is 10.1. The van der Waals surface area contributed by atoms with Gasteiger partial charge < -0.3 is 29.0 Å².